The molecule has 0 bridgehead atoms. The Kier molecular flexibility index (Phi) is 18.1. The van der Waals surface area contributed by atoms with E-state index in [0.29, 0.717) is 0 Å². The summed E-state index contributed by atoms with van der Waals surface area (Å²) in [6.45, 7) is 8.57. The maximum absolute atomic E-state index is 3.96. The molecule has 0 rings (SSSR count). The summed E-state index contributed by atoms with van der Waals surface area (Å²) < 4.78 is 0. The lowest BCUT2D eigenvalue weighted by Gasteiger charge is -2.17. The summed E-state index contributed by atoms with van der Waals surface area (Å²) >= 11 is 0. The molecule has 0 heterocycles. The van der Waals surface area contributed by atoms with Crippen LogP contribution in [0.15, 0.2) is 0 Å². The summed E-state index contributed by atoms with van der Waals surface area (Å²) in [6.07, 6.45) is 24.2. The van der Waals surface area contributed by atoms with E-state index in [1.807, 2.05) is 0 Å². The topological polar surface area (TPSA) is 0 Å². The Bertz CT molecular complexity index is 161. The zero-order valence-corrected chi connectivity index (χ0v) is 15.3. The molecule has 0 fully saturated rings. The van der Waals surface area contributed by atoms with Crippen molar-refractivity contribution in [3.8, 4) is 0 Å². The summed E-state index contributed by atoms with van der Waals surface area (Å²) in [5, 5.41) is 0. The summed E-state index contributed by atoms with van der Waals surface area (Å²) in [4.78, 5) is 0. The van der Waals surface area contributed by atoms with Gasteiger partial charge in [-0.25, -0.2) is 0 Å². The van der Waals surface area contributed by atoms with Crippen LogP contribution in [0, 0.1) is 12.8 Å². The van der Waals surface area contributed by atoms with Crippen LogP contribution >= 0.6 is 0 Å². The molecule has 0 saturated carbocycles. The van der Waals surface area contributed by atoms with Gasteiger partial charge in [0, 0.05) is 0 Å². The van der Waals surface area contributed by atoms with Crippen molar-refractivity contribution in [2.75, 3.05) is 0 Å². The summed E-state index contributed by atoms with van der Waals surface area (Å²) in [5.41, 5.74) is 0. The van der Waals surface area contributed by atoms with Crippen molar-refractivity contribution >= 4 is 0 Å². The summed E-state index contributed by atoms with van der Waals surface area (Å²) in [6, 6.07) is 0. The van der Waals surface area contributed by atoms with Crippen molar-refractivity contribution in [2.45, 2.75) is 123 Å². The van der Waals surface area contributed by atoms with Gasteiger partial charge in [0.15, 0.2) is 0 Å². The van der Waals surface area contributed by atoms with E-state index in [9.17, 15) is 0 Å². The Labute approximate surface area is 136 Å². The second-order valence-corrected chi connectivity index (χ2v) is 6.97. The smallest absolute Gasteiger partial charge is 0.0414 e. The molecule has 0 aromatic heterocycles. The van der Waals surface area contributed by atoms with E-state index in [1.54, 1.807) is 0 Å². The van der Waals surface area contributed by atoms with Crippen LogP contribution in [0.3, 0.4) is 0 Å². The van der Waals surface area contributed by atoms with Crippen molar-refractivity contribution in [3.63, 3.8) is 0 Å². The number of hydrogen-bond acceptors (Lipinski definition) is 0. The average Bonchev–Trinajstić information content (AvgIpc) is 2.50. The van der Waals surface area contributed by atoms with Crippen LogP contribution < -0.4 is 0 Å². The van der Waals surface area contributed by atoms with Crippen LogP contribution in [-0.4, -0.2) is 0 Å². The van der Waals surface area contributed by atoms with Crippen molar-refractivity contribution in [1.82, 2.24) is 0 Å². The minimum atomic E-state index is 1.03. The van der Waals surface area contributed by atoms with Crippen molar-refractivity contribution < 1.29 is 0 Å². The molecule has 0 heteroatoms. The fraction of sp³-hybridized carbons (Fsp3) is 0.952. The lowest BCUT2D eigenvalue weighted by atomic mass is 9.89. The highest BCUT2D eigenvalue weighted by atomic mass is 14.1. The summed E-state index contributed by atoms with van der Waals surface area (Å²) in [7, 11) is 0. The lowest BCUT2D eigenvalue weighted by Crippen LogP contribution is -2.01. The highest BCUT2D eigenvalue weighted by Crippen LogP contribution is 2.24. The van der Waals surface area contributed by atoms with Gasteiger partial charge in [0.25, 0.3) is 0 Å². The van der Waals surface area contributed by atoms with Gasteiger partial charge < -0.3 is 0 Å². The van der Waals surface area contributed by atoms with Crippen molar-refractivity contribution in [3.05, 3.63) is 6.92 Å². The fourth-order valence-corrected chi connectivity index (χ4v) is 3.29. The Morgan fingerprint density at radius 1 is 0.524 bits per heavy atom. The molecule has 127 valence electrons. The first kappa shape index (κ1) is 21.0. The quantitative estimate of drug-likeness (QED) is 0.238. The molecule has 1 radical (unpaired) electrons. The standard InChI is InChI=1S/C21H43/c1-4-7-10-13-14-17-20-21(18-15-11-8-5-2)19-16-12-9-6-3/h21H,2,4-20H2,1,3H3. The predicted octanol–water partition coefficient (Wildman–Crippen LogP) is 8.11. The third-order valence-electron chi connectivity index (χ3n) is 4.79. The van der Waals surface area contributed by atoms with E-state index in [4.69, 9.17) is 0 Å². The molecular formula is C21H43. The Balaban J connectivity index is 3.67. The molecule has 0 saturated heterocycles. The maximum Gasteiger partial charge on any atom is -0.0414 e. The molecule has 1 atom stereocenters. The minimum absolute atomic E-state index is 1.03. The fourth-order valence-electron chi connectivity index (χ4n) is 3.29. The van der Waals surface area contributed by atoms with Crippen molar-refractivity contribution in [2.24, 2.45) is 5.92 Å². The normalized spacial score (nSPS) is 11.4. The average molecular weight is 296 g/mol. The Hall–Kier alpha value is 0. The monoisotopic (exact) mass is 295 g/mol. The lowest BCUT2D eigenvalue weighted by molar-refractivity contribution is 0.368. The highest BCUT2D eigenvalue weighted by molar-refractivity contribution is 4.62. The van der Waals surface area contributed by atoms with Crippen LogP contribution in [0.25, 0.3) is 0 Å². The number of rotatable bonds is 17. The van der Waals surface area contributed by atoms with E-state index >= 15 is 0 Å². The van der Waals surface area contributed by atoms with E-state index in [2.05, 4.69) is 20.8 Å². The van der Waals surface area contributed by atoms with Gasteiger partial charge in [-0.05, 0) is 5.92 Å². The molecule has 0 aliphatic carbocycles. The van der Waals surface area contributed by atoms with Crippen LogP contribution in [0.5, 0.6) is 0 Å². The van der Waals surface area contributed by atoms with Crippen molar-refractivity contribution in [1.29, 1.82) is 0 Å². The first-order valence-electron chi connectivity index (χ1n) is 10.1. The highest BCUT2D eigenvalue weighted by Gasteiger charge is 2.08. The van der Waals surface area contributed by atoms with E-state index in [1.165, 1.54) is 103 Å². The second kappa shape index (κ2) is 18.1. The zero-order chi connectivity index (χ0) is 15.6. The third kappa shape index (κ3) is 16.2. The summed E-state index contributed by atoms with van der Waals surface area (Å²) in [5.74, 6) is 1.03. The largest absolute Gasteiger partial charge is 0.0654 e. The van der Waals surface area contributed by atoms with Gasteiger partial charge >= 0.3 is 0 Å². The zero-order valence-electron chi connectivity index (χ0n) is 15.3. The van der Waals surface area contributed by atoms with Gasteiger partial charge in [0.1, 0.15) is 0 Å². The maximum atomic E-state index is 3.96. The van der Waals surface area contributed by atoms with E-state index < -0.39 is 0 Å². The Morgan fingerprint density at radius 3 is 1.38 bits per heavy atom. The molecule has 0 aliphatic heterocycles. The molecule has 0 aliphatic rings. The minimum Gasteiger partial charge on any atom is -0.0654 e. The van der Waals surface area contributed by atoms with Crippen LogP contribution in [0.4, 0.5) is 0 Å². The van der Waals surface area contributed by atoms with Gasteiger partial charge in [-0.2, -0.15) is 0 Å². The van der Waals surface area contributed by atoms with E-state index in [0.717, 1.165) is 12.3 Å². The van der Waals surface area contributed by atoms with Gasteiger partial charge in [0.2, 0.25) is 0 Å². The van der Waals surface area contributed by atoms with E-state index in [-0.39, 0.29) is 0 Å². The molecule has 0 spiro atoms. The molecule has 0 aromatic rings. The molecular weight excluding hydrogens is 252 g/mol. The molecule has 0 amide bonds. The molecule has 1 unspecified atom stereocenters. The molecule has 0 aromatic carbocycles. The molecule has 0 N–H and O–H groups in total. The van der Waals surface area contributed by atoms with Gasteiger partial charge in [0.05, 0.1) is 0 Å². The van der Waals surface area contributed by atoms with Crippen LogP contribution in [-0.2, 0) is 0 Å². The number of hydrogen-bond donors (Lipinski definition) is 0. The van der Waals surface area contributed by atoms with Gasteiger partial charge in [-0.15, -0.1) is 0 Å². The Morgan fingerprint density at radius 2 is 0.905 bits per heavy atom. The van der Waals surface area contributed by atoms with Crippen LogP contribution in [0.1, 0.15) is 123 Å². The molecule has 21 heavy (non-hydrogen) atoms. The predicted molar refractivity (Wildman–Crippen MR) is 98.7 cm³/mol. The second-order valence-electron chi connectivity index (χ2n) is 6.97. The molecule has 0 nitrogen and oxygen atoms in total. The first-order chi connectivity index (χ1) is 10.3. The third-order valence-corrected chi connectivity index (χ3v) is 4.79. The van der Waals surface area contributed by atoms with Crippen LogP contribution in [0.2, 0.25) is 0 Å². The first-order valence-corrected chi connectivity index (χ1v) is 10.1. The van der Waals surface area contributed by atoms with Gasteiger partial charge in [-0.3, -0.25) is 0 Å². The number of unbranched alkanes of at least 4 members (excludes halogenated alkanes) is 11. The SMILES string of the molecule is [CH2]CCCCCC(CCCCCC)CCCCCCCC. The van der Waals surface area contributed by atoms with Gasteiger partial charge in [-0.1, -0.05) is 130 Å².